The van der Waals surface area contributed by atoms with E-state index in [0.29, 0.717) is 0 Å². The van der Waals surface area contributed by atoms with Crippen LogP contribution in [0.2, 0.25) is 0 Å². The Labute approximate surface area is 153 Å². The Morgan fingerprint density at radius 2 is 0.600 bits per heavy atom. The third kappa shape index (κ3) is 14.1. The SMILES string of the molecule is CC(O)C(C(C)O)C(C(C)O)C(C)O.[CH3-].[CH3-].[NH2-].[NH2-].[Pt+2].[Pt+2]. The van der Waals surface area contributed by atoms with E-state index in [1.54, 1.807) is 27.7 Å². The Morgan fingerprint density at radius 1 is 0.500 bits per heavy atom. The Morgan fingerprint density at radius 3 is 0.650 bits per heavy atom. The van der Waals surface area contributed by atoms with Gasteiger partial charge in [-0.2, -0.15) is 0 Å². The van der Waals surface area contributed by atoms with Crippen molar-refractivity contribution < 1.29 is 62.6 Å². The van der Waals surface area contributed by atoms with E-state index >= 15 is 0 Å². The maximum Gasteiger partial charge on any atom is 2.00 e. The number of rotatable bonds is 5. The van der Waals surface area contributed by atoms with Gasteiger partial charge in [-0.15, -0.1) is 0 Å². The minimum absolute atomic E-state index is 0. The molecule has 134 valence electrons. The summed E-state index contributed by atoms with van der Waals surface area (Å²) in [5, 5.41) is 37.9. The molecule has 0 rings (SSSR count). The normalized spacial score (nSPS) is 17.4. The number of hydrogen-bond acceptors (Lipinski definition) is 4. The molecule has 0 amide bonds. The first-order chi connectivity index (χ1) is 6.29. The zero-order chi connectivity index (χ0) is 11.5. The maximum atomic E-state index is 9.47. The molecule has 8 N–H and O–H groups in total. The molecule has 0 aliphatic rings. The van der Waals surface area contributed by atoms with Crippen molar-refractivity contribution in [3.8, 4) is 0 Å². The number of hydrogen-bond donors (Lipinski definition) is 4. The molecule has 8 heteroatoms. The van der Waals surface area contributed by atoms with Gasteiger partial charge >= 0.3 is 42.1 Å². The minimum Gasteiger partial charge on any atom is -0.693 e. The van der Waals surface area contributed by atoms with Gasteiger partial charge < -0.3 is 47.6 Å². The second-order valence-electron chi connectivity index (χ2n) is 4.12. The topological polar surface area (TPSA) is 148 Å². The van der Waals surface area contributed by atoms with Crippen molar-refractivity contribution in [1.29, 1.82) is 0 Å². The van der Waals surface area contributed by atoms with Gasteiger partial charge in [0.05, 0.1) is 24.4 Å². The zero-order valence-corrected chi connectivity index (χ0v) is 17.6. The largest absolute Gasteiger partial charge is 2.00 e. The fourth-order valence-corrected chi connectivity index (χ4v) is 2.09. The van der Waals surface area contributed by atoms with Crippen molar-refractivity contribution in [1.82, 2.24) is 0 Å². The molecule has 0 aliphatic carbocycles. The fourth-order valence-electron chi connectivity index (χ4n) is 2.09. The van der Waals surface area contributed by atoms with Crippen LogP contribution in [0.25, 0.3) is 12.3 Å². The van der Waals surface area contributed by atoms with E-state index < -0.39 is 36.3 Å². The predicted octanol–water partition coefficient (Wildman–Crippen LogP) is 2.07. The second-order valence-corrected chi connectivity index (χ2v) is 4.12. The van der Waals surface area contributed by atoms with E-state index in [0.717, 1.165) is 0 Å². The molecule has 0 bridgehead atoms. The van der Waals surface area contributed by atoms with Crippen LogP contribution >= 0.6 is 0 Å². The van der Waals surface area contributed by atoms with E-state index in [1.807, 2.05) is 0 Å². The number of nitrogens with two attached hydrogens (primary N) is 2. The van der Waals surface area contributed by atoms with Crippen molar-refractivity contribution in [2.75, 3.05) is 0 Å². The van der Waals surface area contributed by atoms with E-state index in [9.17, 15) is 20.4 Å². The van der Waals surface area contributed by atoms with Crippen LogP contribution in [0, 0.1) is 26.7 Å². The molecule has 0 heterocycles. The molecule has 4 unspecified atom stereocenters. The molecule has 0 aromatic rings. The molecular formula is C12H32N2O4Pt2. The van der Waals surface area contributed by atoms with Crippen LogP contribution in [0.5, 0.6) is 0 Å². The van der Waals surface area contributed by atoms with E-state index in [1.165, 1.54) is 0 Å². The predicted molar refractivity (Wildman–Crippen MR) is 77.1 cm³/mol. The van der Waals surface area contributed by atoms with Crippen LogP contribution in [0.3, 0.4) is 0 Å². The summed E-state index contributed by atoms with van der Waals surface area (Å²) in [6.45, 7) is 6.20. The quantitative estimate of drug-likeness (QED) is 0.335. The van der Waals surface area contributed by atoms with Crippen molar-refractivity contribution in [2.45, 2.75) is 52.1 Å². The third-order valence-corrected chi connectivity index (χ3v) is 2.67. The molecule has 4 atom stereocenters. The van der Waals surface area contributed by atoms with Crippen molar-refractivity contribution in [2.24, 2.45) is 11.8 Å². The monoisotopic (exact) mass is 658 g/mol. The summed E-state index contributed by atoms with van der Waals surface area (Å²) in [6, 6.07) is 0. The minimum atomic E-state index is -0.760. The fraction of sp³-hybridized carbons (Fsp3) is 0.833. The Bertz CT molecular complexity index is 140. The Kier molecular flexibility index (Phi) is 43.2. The van der Waals surface area contributed by atoms with Gasteiger partial charge in [-0.3, -0.25) is 0 Å². The van der Waals surface area contributed by atoms with Crippen LogP contribution in [-0.2, 0) is 42.1 Å². The zero-order valence-electron chi connectivity index (χ0n) is 13.0. The summed E-state index contributed by atoms with van der Waals surface area (Å²) in [6.07, 6.45) is -3.04. The first-order valence-electron chi connectivity index (χ1n) is 5.01. The Balaban J connectivity index is -0.0000000563. The van der Waals surface area contributed by atoms with Gasteiger partial charge in [0.1, 0.15) is 0 Å². The van der Waals surface area contributed by atoms with Gasteiger partial charge in [-0.1, -0.05) is 0 Å². The Hall–Kier alpha value is 1.14. The molecule has 0 aromatic carbocycles. The summed E-state index contributed by atoms with van der Waals surface area (Å²) in [5.74, 6) is -1.04. The van der Waals surface area contributed by atoms with Crippen LogP contribution < -0.4 is 0 Å². The molecule has 0 radical (unpaired) electrons. The molecule has 0 spiro atoms. The molecule has 6 nitrogen and oxygen atoms in total. The molecular weight excluding hydrogens is 626 g/mol. The van der Waals surface area contributed by atoms with E-state index in [4.69, 9.17) is 0 Å². The van der Waals surface area contributed by atoms with Crippen molar-refractivity contribution in [3.63, 3.8) is 0 Å². The van der Waals surface area contributed by atoms with E-state index in [-0.39, 0.29) is 69.3 Å². The smallest absolute Gasteiger partial charge is 0.693 e. The standard InChI is InChI=1S/C10H22O4.2CH3.2H2N.2Pt/c1-5(11)9(6(2)12)10(7(3)13)8(4)14;;;;;;/h5-14H,1-4H3;2*1H3;2*1H2;;/q;4*-1;2*+2. The summed E-state index contributed by atoms with van der Waals surface area (Å²) >= 11 is 0. The molecule has 0 saturated heterocycles. The molecule has 0 fully saturated rings. The average molecular weight is 659 g/mol. The van der Waals surface area contributed by atoms with Crippen molar-refractivity contribution in [3.05, 3.63) is 27.2 Å². The van der Waals surface area contributed by atoms with Gasteiger partial charge in [0.2, 0.25) is 0 Å². The third-order valence-electron chi connectivity index (χ3n) is 2.67. The van der Waals surface area contributed by atoms with Gasteiger partial charge in [-0.25, -0.2) is 0 Å². The summed E-state index contributed by atoms with van der Waals surface area (Å²) < 4.78 is 0. The van der Waals surface area contributed by atoms with Crippen LogP contribution in [0.4, 0.5) is 0 Å². The molecule has 20 heavy (non-hydrogen) atoms. The first-order valence-corrected chi connectivity index (χ1v) is 5.01. The van der Waals surface area contributed by atoms with Gasteiger partial charge in [-0.05, 0) is 27.7 Å². The van der Waals surface area contributed by atoms with Crippen LogP contribution in [0.15, 0.2) is 0 Å². The van der Waals surface area contributed by atoms with Crippen molar-refractivity contribution >= 4 is 0 Å². The summed E-state index contributed by atoms with van der Waals surface area (Å²) in [7, 11) is 0. The summed E-state index contributed by atoms with van der Waals surface area (Å²) in [5.41, 5.74) is 0. The summed E-state index contributed by atoms with van der Waals surface area (Å²) in [4.78, 5) is 0. The number of aliphatic hydroxyl groups is 4. The maximum absolute atomic E-state index is 9.47. The van der Waals surface area contributed by atoms with Crippen LogP contribution in [0.1, 0.15) is 27.7 Å². The average Bonchev–Trinajstić information content (AvgIpc) is 1.96. The molecule has 0 saturated carbocycles. The molecule has 0 aliphatic heterocycles. The molecule has 0 aromatic heterocycles. The van der Waals surface area contributed by atoms with Gasteiger partial charge in [0, 0.05) is 11.8 Å². The van der Waals surface area contributed by atoms with E-state index in [2.05, 4.69) is 0 Å². The van der Waals surface area contributed by atoms with Gasteiger partial charge in [0.15, 0.2) is 0 Å². The first kappa shape index (κ1) is 42.9. The second kappa shape index (κ2) is 20.1. The number of aliphatic hydroxyl groups excluding tert-OH is 4. The van der Waals surface area contributed by atoms with Gasteiger partial charge in [0.25, 0.3) is 0 Å². The van der Waals surface area contributed by atoms with Crippen LogP contribution in [-0.4, -0.2) is 44.8 Å².